The van der Waals surface area contributed by atoms with Gasteiger partial charge in [-0.1, -0.05) is 219 Å². The summed E-state index contributed by atoms with van der Waals surface area (Å²) in [6.07, 6.45) is 38.4. The predicted molar refractivity (Wildman–Crippen MR) is 205 cm³/mol. The Morgan fingerprint density at radius 2 is 0.708 bits per heavy atom. The van der Waals surface area contributed by atoms with Crippen LogP contribution in [0.1, 0.15) is 232 Å². The maximum Gasteiger partial charge on any atom is 0.249 e. The summed E-state index contributed by atoms with van der Waals surface area (Å²) in [5.41, 5.74) is 0. The summed E-state index contributed by atoms with van der Waals surface area (Å²) in [7, 11) is 0. The van der Waals surface area contributed by atoms with Crippen LogP contribution in [-0.2, 0) is 4.79 Å². The van der Waals surface area contributed by atoms with Crippen molar-refractivity contribution in [3.8, 4) is 0 Å². The number of carbonyl (C=O) groups is 1. The molecule has 48 heavy (non-hydrogen) atoms. The van der Waals surface area contributed by atoms with Crippen LogP contribution in [0, 0.1) is 0 Å². The van der Waals surface area contributed by atoms with E-state index in [2.05, 4.69) is 19.2 Å². The molecule has 288 valence electrons. The molecule has 0 rings (SSSR count). The van der Waals surface area contributed by atoms with Crippen LogP contribution in [-0.4, -0.2) is 57.3 Å². The maximum absolute atomic E-state index is 12.5. The zero-order valence-corrected chi connectivity index (χ0v) is 32.3. The average Bonchev–Trinajstić information content (AvgIpc) is 3.09. The van der Waals surface area contributed by atoms with Gasteiger partial charge < -0.3 is 25.7 Å². The minimum Gasteiger partial charge on any atom is -0.394 e. The van der Waals surface area contributed by atoms with Crippen LogP contribution in [0.25, 0.3) is 0 Å². The number of rotatable bonds is 39. The van der Waals surface area contributed by atoms with Gasteiger partial charge in [-0.2, -0.15) is 0 Å². The monoisotopic (exact) mass is 684 g/mol. The number of hydrogen-bond acceptors (Lipinski definition) is 5. The number of hydrogen-bond donors (Lipinski definition) is 5. The van der Waals surface area contributed by atoms with E-state index in [1.165, 1.54) is 167 Å². The van der Waals surface area contributed by atoms with Gasteiger partial charge in [0, 0.05) is 0 Å². The lowest BCUT2D eigenvalue weighted by Crippen LogP contribution is -2.53. The van der Waals surface area contributed by atoms with Crippen LogP contribution in [0.15, 0.2) is 0 Å². The van der Waals surface area contributed by atoms with Crippen molar-refractivity contribution in [1.29, 1.82) is 0 Å². The lowest BCUT2D eigenvalue weighted by Gasteiger charge is -2.27. The van der Waals surface area contributed by atoms with E-state index in [9.17, 15) is 25.2 Å². The van der Waals surface area contributed by atoms with Gasteiger partial charge in [-0.25, -0.2) is 0 Å². The van der Waals surface area contributed by atoms with Crippen molar-refractivity contribution in [2.24, 2.45) is 0 Å². The molecule has 0 aliphatic heterocycles. The third-order valence-corrected chi connectivity index (χ3v) is 10.3. The van der Waals surface area contributed by atoms with Gasteiger partial charge in [0.15, 0.2) is 0 Å². The molecule has 0 heterocycles. The topological polar surface area (TPSA) is 110 Å². The highest BCUT2D eigenvalue weighted by molar-refractivity contribution is 5.80. The van der Waals surface area contributed by atoms with Gasteiger partial charge in [0.1, 0.15) is 12.2 Å². The molecule has 0 aliphatic carbocycles. The molecule has 0 aromatic rings. The van der Waals surface area contributed by atoms with E-state index in [4.69, 9.17) is 0 Å². The Hall–Kier alpha value is -0.690. The average molecular weight is 684 g/mol. The van der Waals surface area contributed by atoms with Crippen molar-refractivity contribution in [3.05, 3.63) is 0 Å². The summed E-state index contributed by atoms with van der Waals surface area (Å²) >= 11 is 0. The molecule has 0 bridgehead atoms. The van der Waals surface area contributed by atoms with Crippen molar-refractivity contribution < 1.29 is 25.2 Å². The zero-order valence-electron chi connectivity index (χ0n) is 32.3. The van der Waals surface area contributed by atoms with Crippen molar-refractivity contribution >= 4 is 5.91 Å². The quantitative estimate of drug-likeness (QED) is 0.0414. The second-order valence-corrected chi connectivity index (χ2v) is 15.1. The van der Waals surface area contributed by atoms with E-state index in [0.29, 0.717) is 12.8 Å². The van der Waals surface area contributed by atoms with Gasteiger partial charge in [-0.15, -0.1) is 0 Å². The predicted octanol–water partition coefficient (Wildman–Crippen LogP) is 10.8. The first-order valence-electron chi connectivity index (χ1n) is 21.4. The smallest absolute Gasteiger partial charge is 0.249 e. The van der Waals surface area contributed by atoms with Gasteiger partial charge in [0.25, 0.3) is 0 Å². The van der Waals surface area contributed by atoms with E-state index < -0.39 is 36.9 Å². The summed E-state index contributed by atoms with van der Waals surface area (Å²) in [6, 6.07) is -0.978. The largest absolute Gasteiger partial charge is 0.394 e. The molecule has 0 fully saturated rings. The summed E-state index contributed by atoms with van der Waals surface area (Å²) in [4.78, 5) is 12.5. The molecule has 0 aromatic carbocycles. The molecule has 6 heteroatoms. The molecular formula is C42H85NO5. The highest BCUT2D eigenvalue weighted by atomic mass is 16.3. The SMILES string of the molecule is CCCCCCCCCCCCCCCCCCCCC(O)C(O)C(CO)NC(=O)C(O)CCCCCCCCCCCCCCCC. The van der Waals surface area contributed by atoms with Crippen molar-refractivity contribution in [3.63, 3.8) is 0 Å². The van der Waals surface area contributed by atoms with E-state index >= 15 is 0 Å². The molecule has 1 amide bonds. The number of carbonyl (C=O) groups excluding carboxylic acids is 1. The summed E-state index contributed by atoms with van der Waals surface area (Å²) in [6.45, 7) is 4.06. The second kappa shape index (κ2) is 37.6. The van der Waals surface area contributed by atoms with Gasteiger partial charge in [-0.3, -0.25) is 4.79 Å². The Morgan fingerprint density at radius 1 is 0.438 bits per heavy atom. The zero-order chi connectivity index (χ0) is 35.3. The Morgan fingerprint density at radius 3 is 1.00 bits per heavy atom. The number of aliphatic hydroxyl groups excluding tert-OH is 4. The minimum absolute atomic E-state index is 0.375. The number of unbranched alkanes of at least 4 members (excludes halogenated alkanes) is 30. The Kier molecular flexibility index (Phi) is 37.0. The molecule has 0 aliphatic rings. The molecule has 0 radical (unpaired) electrons. The second-order valence-electron chi connectivity index (χ2n) is 15.1. The highest BCUT2D eigenvalue weighted by Gasteiger charge is 2.28. The summed E-state index contributed by atoms with van der Waals surface area (Å²) in [5.74, 6) is -0.580. The lowest BCUT2D eigenvalue weighted by molar-refractivity contribution is -0.132. The third-order valence-electron chi connectivity index (χ3n) is 10.3. The first-order valence-corrected chi connectivity index (χ1v) is 21.4. The third kappa shape index (κ3) is 31.3. The number of aliphatic hydroxyl groups is 4. The van der Waals surface area contributed by atoms with E-state index in [1.54, 1.807) is 0 Å². The fourth-order valence-electron chi connectivity index (χ4n) is 6.88. The molecule has 0 spiro atoms. The van der Waals surface area contributed by atoms with Gasteiger partial charge in [-0.05, 0) is 12.8 Å². The fraction of sp³-hybridized carbons (Fsp3) is 0.976. The van der Waals surface area contributed by atoms with Crippen LogP contribution in [0.5, 0.6) is 0 Å². The highest BCUT2D eigenvalue weighted by Crippen LogP contribution is 2.17. The molecule has 0 aromatic heterocycles. The van der Waals surface area contributed by atoms with Crippen LogP contribution in [0.3, 0.4) is 0 Å². The van der Waals surface area contributed by atoms with Gasteiger partial charge in [0.2, 0.25) is 5.91 Å². The summed E-state index contributed by atoms with van der Waals surface area (Å²) < 4.78 is 0. The van der Waals surface area contributed by atoms with Crippen molar-refractivity contribution in [1.82, 2.24) is 5.32 Å². The number of nitrogens with one attached hydrogen (secondary N) is 1. The first kappa shape index (κ1) is 47.3. The Labute approximate surface area is 299 Å². The van der Waals surface area contributed by atoms with Crippen LogP contribution in [0.4, 0.5) is 0 Å². The van der Waals surface area contributed by atoms with Gasteiger partial charge in [0.05, 0.1) is 18.8 Å². The van der Waals surface area contributed by atoms with Crippen LogP contribution >= 0.6 is 0 Å². The Balaban J connectivity index is 3.71. The first-order chi connectivity index (χ1) is 23.5. The van der Waals surface area contributed by atoms with Gasteiger partial charge >= 0.3 is 0 Å². The molecule has 5 N–H and O–H groups in total. The Bertz CT molecular complexity index is 648. The summed E-state index contributed by atoms with van der Waals surface area (Å²) in [5, 5.41) is 43.6. The van der Waals surface area contributed by atoms with Crippen LogP contribution in [0.2, 0.25) is 0 Å². The fourth-order valence-corrected chi connectivity index (χ4v) is 6.88. The standard InChI is InChI=1S/C42H85NO5/c1-3-5-7-9-11-13-15-17-19-20-21-22-24-25-27-29-31-33-35-39(45)41(47)38(37-44)43-42(48)40(46)36-34-32-30-28-26-23-18-16-14-12-10-8-6-4-2/h38-41,44-47H,3-37H2,1-2H3,(H,43,48). The van der Waals surface area contributed by atoms with Crippen LogP contribution < -0.4 is 5.32 Å². The van der Waals surface area contributed by atoms with Crippen molar-refractivity contribution in [2.45, 2.75) is 257 Å². The molecule has 0 saturated heterocycles. The van der Waals surface area contributed by atoms with E-state index in [-0.39, 0.29) is 0 Å². The molecule has 6 nitrogen and oxygen atoms in total. The number of amides is 1. The molecular weight excluding hydrogens is 598 g/mol. The normalized spacial score (nSPS) is 14.2. The molecule has 0 saturated carbocycles. The molecule has 4 atom stereocenters. The maximum atomic E-state index is 12.5. The van der Waals surface area contributed by atoms with E-state index in [0.717, 1.165) is 38.5 Å². The van der Waals surface area contributed by atoms with E-state index in [1.807, 2.05) is 0 Å². The molecule has 4 unspecified atom stereocenters. The minimum atomic E-state index is -1.25. The van der Waals surface area contributed by atoms with Crippen molar-refractivity contribution in [2.75, 3.05) is 6.61 Å². The lowest BCUT2D eigenvalue weighted by atomic mass is 9.99.